The predicted octanol–water partition coefficient (Wildman–Crippen LogP) is 2.36. The van der Waals surface area contributed by atoms with E-state index in [4.69, 9.17) is 4.98 Å². The van der Waals surface area contributed by atoms with E-state index in [2.05, 4.69) is 24.9 Å². The highest BCUT2D eigenvalue weighted by Crippen LogP contribution is 2.24. The molecule has 8 heteroatoms. The Morgan fingerprint density at radius 1 is 1.04 bits per heavy atom. The normalized spacial score (nSPS) is 11.4. The fourth-order valence-electron chi connectivity index (χ4n) is 3.04. The van der Waals surface area contributed by atoms with Crippen LogP contribution in [0.25, 0.3) is 39.4 Å². The van der Waals surface area contributed by atoms with Gasteiger partial charge in [0.2, 0.25) is 0 Å². The van der Waals surface area contributed by atoms with Crippen molar-refractivity contribution >= 4 is 22.1 Å². The third kappa shape index (κ3) is 2.12. The van der Waals surface area contributed by atoms with Crippen LogP contribution in [-0.4, -0.2) is 34.5 Å². The van der Waals surface area contributed by atoms with E-state index in [1.54, 1.807) is 18.6 Å². The lowest BCUT2D eigenvalue weighted by Gasteiger charge is -2.08. The summed E-state index contributed by atoms with van der Waals surface area (Å²) in [5.74, 6) is 1.10. The molecule has 0 aliphatic heterocycles. The highest BCUT2D eigenvalue weighted by molar-refractivity contribution is 5.86. The molecule has 0 saturated carbocycles. The molecule has 5 heterocycles. The van der Waals surface area contributed by atoms with Crippen molar-refractivity contribution in [3.8, 4) is 17.3 Å². The van der Waals surface area contributed by atoms with Gasteiger partial charge in [0.25, 0.3) is 5.56 Å². The number of aromatic nitrogens is 7. The number of imidazole rings is 1. The maximum absolute atomic E-state index is 12.0. The first-order valence-electron chi connectivity index (χ1n) is 8.05. The van der Waals surface area contributed by atoms with E-state index in [1.165, 1.54) is 0 Å². The largest absolute Gasteiger partial charge is 0.340 e. The van der Waals surface area contributed by atoms with E-state index in [9.17, 15) is 4.79 Å². The lowest BCUT2D eigenvalue weighted by molar-refractivity contribution is 1.02. The number of pyridine rings is 2. The van der Waals surface area contributed by atoms with Gasteiger partial charge in [-0.3, -0.25) is 9.36 Å². The second kappa shape index (κ2) is 5.35. The Hall–Kier alpha value is -3.81. The Bertz CT molecular complexity index is 1330. The molecule has 2 N–H and O–H groups in total. The molecule has 0 unspecified atom stereocenters. The minimum atomic E-state index is -0.142. The zero-order chi connectivity index (χ0) is 17.7. The van der Waals surface area contributed by atoms with Crippen LogP contribution in [-0.2, 0) is 0 Å². The highest BCUT2D eigenvalue weighted by atomic mass is 16.1. The van der Waals surface area contributed by atoms with Gasteiger partial charge in [-0.1, -0.05) is 6.07 Å². The van der Waals surface area contributed by atoms with Crippen LogP contribution in [0.1, 0.15) is 5.69 Å². The van der Waals surface area contributed by atoms with Crippen LogP contribution in [0, 0.1) is 6.92 Å². The fourth-order valence-corrected chi connectivity index (χ4v) is 3.04. The van der Waals surface area contributed by atoms with Crippen LogP contribution in [0.4, 0.5) is 0 Å². The van der Waals surface area contributed by atoms with E-state index in [1.807, 2.05) is 42.0 Å². The number of H-pyrrole nitrogens is 2. The molecule has 0 spiro atoms. The van der Waals surface area contributed by atoms with Crippen LogP contribution in [0.3, 0.4) is 0 Å². The summed E-state index contributed by atoms with van der Waals surface area (Å²) in [6.45, 7) is 1.92. The van der Waals surface area contributed by atoms with Crippen LogP contribution >= 0.6 is 0 Å². The summed E-state index contributed by atoms with van der Waals surface area (Å²) in [7, 11) is 0. The van der Waals surface area contributed by atoms with Gasteiger partial charge in [-0.25, -0.2) is 19.9 Å². The monoisotopic (exact) mass is 343 g/mol. The van der Waals surface area contributed by atoms with Gasteiger partial charge in [0, 0.05) is 18.1 Å². The quantitative estimate of drug-likeness (QED) is 0.512. The molecule has 5 aromatic heterocycles. The number of hydrogen-bond donors (Lipinski definition) is 2. The number of nitrogens with one attached hydrogen (secondary N) is 2. The number of fused-ring (bicyclic) bond motifs is 2. The number of aromatic amines is 2. The fraction of sp³-hybridized carbons (Fsp3) is 0.0556. The summed E-state index contributed by atoms with van der Waals surface area (Å²) in [5, 5.41) is 0.592. The topological polar surface area (TPSA) is 105 Å². The highest BCUT2D eigenvalue weighted by Gasteiger charge is 2.16. The molecule has 5 rings (SSSR count). The number of nitrogens with zero attached hydrogens (tertiary/aromatic N) is 5. The van der Waals surface area contributed by atoms with Gasteiger partial charge < -0.3 is 9.97 Å². The molecule has 5 aromatic rings. The van der Waals surface area contributed by atoms with E-state index in [-0.39, 0.29) is 5.56 Å². The van der Waals surface area contributed by atoms with E-state index >= 15 is 0 Å². The Morgan fingerprint density at radius 2 is 1.96 bits per heavy atom. The predicted molar refractivity (Wildman–Crippen MR) is 97.1 cm³/mol. The first-order chi connectivity index (χ1) is 12.7. The second-order valence-electron chi connectivity index (χ2n) is 5.93. The zero-order valence-corrected chi connectivity index (χ0v) is 13.8. The molecule has 26 heavy (non-hydrogen) atoms. The van der Waals surface area contributed by atoms with Gasteiger partial charge in [-0.2, -0.15) is 0 Å². The standard InChI is InChI=1S/C18H13N7O/c1-10-3-2-4-12(22-10)15-23-16-14(20-9-21-16)17(24-15)25-8-6-11-13(25)5-7-19-18(11)26/h2-9H,1H3,(H,19,26)(H,20,21,23,24). The third-order valence-corrected chi connectivity index (χ3v) is 4.24. The minimum absolute atomic E-state index is 0.142. The smallest absolute Gasteiger partial charge is 0.257 e. The maximum Gasteiger partial charge on any atom is 0.257 e. The van der Waals surface area contributed by atoms with Gasteiger partial charge in [0.15, 0.2) is 17.3 Å². The van der Waals surface area contributed by atoms with Crippen molar-refractivity contribution in [2.75, 3.05) is 0 Å². The van der Waals surface area contributed by atoms with Gasteiger partial charge >= 0.3 is 0 Å². The first-order valence-corrected chi connectivity index (χ1v) is 8.05. The lowest BCUT2D eigenvalue weighted by atomic mass is 10.3. The molecule has 0 atom stereocenters. The molecule has 0 radical (unpaired) electrons. The molecule has 0 saturated heterocycles. The van der Waals surface area contributed by atoms with E-state index in [0.717, 1.165) is 11.2 Å². The van der Waals surface area contributed by atoms with Gasteiger partial charge in [-0.05, 0) is 31.2 Å². The molecule has 0 aliphatic carbocycles. The molecule has 0 amide bonds. The van der Waals surface area contributed by atoms with Gasteiger partial charge in [0.1, 0.15) is 11.2 Å². The van der Waals surface area contributed by atoms with Crippen molar-refractivity contribution in [3.63, 3.8) is 0 Å². The Balaban J connectivity index is 1.83. The average molecular weight is 343 g/mol. The van der Waals surface area contributed by atoms with Crippen molar-refractivity contribution < 1.29 is 0 Å². The molecule has 0 aromatic carbocycles. The van der Waals surface area contributed by atoms with Crippen molar-refractivity contribution in [3.05, 3.63) is 65.1 Å². The maximum atomic E-state index is 12.0. The Morgan fingerprint density at radius 3 is 2.85 bits per heavy atom. The first kappa shape index (κ1) is 14.5. The molecule has 126 valence electrons. The summed E-state index contributed by atoms with van der Waals surface area (Å²) < 4.78 is 1.85. The lowest BCUT2D eigenvalue weighted by Crippen LogP contribution is -2.06. The number of aryl methyl sites for hydroxylation is 1. The van der Waals surface area contributed by atoms with Crippen LogP contribution in [0.5, 0.6) is 0 Å². The minimum Gasteiger partial charge on any atom is -0.340 e. The number of rotatable bonds is 2. The van der Waals surface area contributed by atoms with E-state index < -0.39 is 0 Å². The van der Waals surface area contributed by atoms with Crippen LogP contribution in [0.15, 0.2) is 53.8 Å². The van der Waals surface area contributed by atoms with Gasteiger partial charge in [-0.15, -0.1) is 0 Å². The molecular formula is C18H13N7O. The SMILES string of the molecule is Cc1cccc(-c2nc(-n3ccc4c(=O)[nH]ccc43)c3[nH]cnc3n2)n1. The molecule has 8 nitrogen and oxygen atoms in total. The zero-order valence-electron chi connectivity index (χ0n) is 13.8. The summed E-state index contributed by atoms with van der Waals surface area (Å²) in [5.41, 5.74) is 3.40. The Labute approximate surface area is 146 Å². The average Bonchev–Trinajstić information content (AvgIpc) is 3.28. The molecular weight excluding hydrogens is 330 g/mol. The van der Waals surface area contributed by atoms with Crippen LogP contribution < -0.4 is 5.56 Å². The Kier molecular flexibility index (Phi) is 2.99. The third-order valence-electron chi connectivity index (χ3n) is 4.24. The summed E-state index contributed by atoms with van der Waals surface area (Å²) in [6, 6.07) is 9.31. The molecule has 0 fully saturated rings. The second-order valence-corrected chi connectivity index (χ2v) is 5.93. The molecule has 0 bridgehead atoms. The summed E-state index contributed by atoms with van der Waals surface area (Å²) >= 11 is 0. The van der Waals surface area contributed by atoms with Gasteiger partial charge in [0.05, 0.1) is 17.2 Å². The van der Waals surface area contributed by atoms with Crippen molar-refractivity contribution in [1.29, 1.82) is 0 Å². The van der Waals surface area contributed by atoms with Crippen molar-refractivity contribution in [1.82, 2.24) is 34.5 Å². The molecule has 0 aliphatic rings. The summed E-state index contributed by atoms with van der Waals surface area (Å²) in [6.07, 6.45) is 5.01. The summed E-state index contributed by atoms with van der Waals surface area (Å²) in [4.78, 5) is 35.8. The van der Waals surface area contributed by atoms with E-state index in [0.29, 0.717) is 33.9 Å². The van der Waals surface area contributed by atoms with Crippen molar-refractivity contribution in [2.45, 2.75) is 6.92 Å². The number of hydrogen-bond acceptors (Lipinski definition) is 5. The van der Waals surface area contributed by atoms with Crippen LogP contribution in [0.2, 0.25) is 0 Å². The van der Waals surface area contributed by atoms with Crippen molar-refractivity contribution in [2.24, 2.45) is 0 Å².